The second-order valence-electron chi connectivity index (χ2n) is 3.08. The van der Waals surface area contributed by atoms with Gasteiger partial charge in [0.2, 0.25) is 5.91 Å². The van der Waals surface area contributed by atoms with Crippen LogP contribution < -0.4 is 0 Å². The van der Waals surface area contributed by atoms with Gasteiger partial charge in [0.25, 0.3) is 0 Å². The molecule has 0 aromatic rings. The molecule has 0 bridgehead atoms. The van der Waals surface area contributed by atoms with Gasteiger partial charge in [-0.3, -0.25) is 4.79 Å². The third-order valence-corrected chi connectivity index (χ3v) is 2.04. The first kappa shape index (κ1) is 9.01. The number of hydrogen-bond acceptors (Lipinski definition) is 3. The zero-order valence-electron chi connectivity index (χ0n) is 7.03. The molecule has 0 aliphatic carbocycles. The summed E-state index contributed by atoms with van der Waals surface area (Å²) < 4.78 is 0. The molecule has 0 aromatic carbocycles. The third-order valence-electron chi connectivity index (χ3n) is 2.04. The van der Waals surface area contributed by atoms with Gasteiger partial charge in [0, 0.05) is 13.1 Å². The maximum atomic E-state index is 11.3. The number of carbonyl (C=O) groups is 1. The quantitative estimate of drug-likeness (QED) is 0.586. The highest BCUT2D eigenvalue weighted by atomic mass is 16.3. The lowest BCUT2D eigenvalue weighted by Gasteiger charge is -2.16. The fourth-order valence-electron chi connectivity index (χ4n) is 1.27. The normalized spacial score (nSPS) is 25.1. The lowest BCUT2D eigenvalue weighted by molar-refractivity contribution is -0.132. The first-order chi connectivity index (χ1) is 5.65. The Bertz CT molecular complexity index is 222. The molecule has 1 N–H and O–H groups in total. The number of carbonyl (C=O) groups excluding carboxylic acids is 1. The minimum Gasteiger partial charge on any atom is -0.391 e. The van der Waals surface area contributed by atoms with E-state index in [2.05, 4.69) is 0 Å². The van der Waals surface area contributed by atoms with Gasteiger partial charge in [0.15, 0.2) is 0 Å². The van der Waals surface area contributed by atoms with Crippen LogP contribution in [0.2, 0.25) is 0 Å². The summed E-state index contributed by atoms with van der Waals surface area (Å²) >= 11 is 0. The van der Waals surface area contributed by atoms with Crippen molar-refractivity contribution in [2.24, 2.45) is 5.92 Å². The lowest BCUT2D eigenvalue weighted by atomic mass is 10.2. The van der Waals surface area contributed by atoms with Crippen molar-refractivity contribution in [3.05, 3.63) is 0 Å². The van der Waals surface area contributed by atoms with Gasteiger partial charge in [0.1, 0.15) is 5.92 Å². The van der Waals surface area contributed by atoms with Crippen LogP contribution in [0.3, 0.4) is 0 Å². The van der Waals surface area contributed by atoms with Crippen LogP contribution in [0, 0.1) is 17.2 Å². The van der Waals surface area contributed by atoms with Crippen molar-refractivity contribution < 1.29 is 9.90 Å². The molecule has 1 heterocycles. The van der Waals surface area contributed by atoms with Crippen LogP contribution in [0.25, 0.3) is 0 Å². The standard InChI is InChI=1S/C8H12N2O2/c1-6(4-9)8(12)10-3-2-7(11)5-10/h6-7,11H,2-3,5H2,1H3/t6?,7-/m0/s1. The van der Waals surface area contributed by atoms with E-state index in [4.69, 9.17) is 10.4 Å². The fraction of sp³-hybridized carbons (Fsp3) is 0.750. The number of amides is 1. The Morgan fingerprint density at radius 3 is 2.92 bits per heavy atom. The maximum Gasteiger partial charge on any atom is 0.239 e. The molecule has 1 rings (SSSR count). The third kappa shape index (κ3) is 1.74. The van der Waals surface area contributed by atoms with E-state index in [0.717, 1.165) is 0 Å². The number of likely N-dealkylation sites (tertiary alicyclic amines) is 1. The number of nitriles is 1. The van der Waals surface area contributed by atoms with Gasteiger partial charge in [-0.2, -0.15) is 5.26 Å². The fourth-order valence-corrected chi connectivity index (χ4v) is 1.27. The minimum atomic E-state index is -0.588. The van der Waals surface area contributed by atoms with Crippen molar-refractivity contribution in [2.75, 3.05) is 13.1 Å². The van der Waals surface area contributed by atoms with Crippen molar-refractivity contribution >= 4 is 5.91 Å². The van der Waals surface area contributed by atoms with Crippen molar-refractivity contribution in [3.63, 3.8) is 0 Å². The van der Waals surface area contributed by atoms with Crippen LogP contribution in [-0.4, -0.2) is 35.1 Å². The molecule has 0 saturated carbocycles. The molecular weight excluding hydrogens is 156 g/mol. The molecule has 0 spiro atoms. The predicted octanol–water partition coefficient (Wildman–Crippen LogP) is -0.261. The van der Waals surface area contributed by atoms with Crippen LogP contribution in [-0.2, 0) is 4.79 Å². The van der Waals surface area contributed by atoms with Crippen molar-refractivity contribution in [3.8, 4) is 6.07 Å². The van der Waals surface area contributed by atoms with Crippen molar-refractivity contribution in [1.29, 1.82) is 5.26 Å². The first-order valence-electron chi connectivity index (χ1n) is 4.01. The highest BCUT2D eigenvalue weighted by Crippen LogP contribution is 2.11. The van der Waals surface area contributed by atoms with Gasteiger partial charge in [-0.1, -0.05) is 0 Å². The second-order valence-corrected chi connectivity index (χ2v) is 3.08. The van der Waals surface area contributed by atoms with Crippen LogP contribution in [0.5, 0.6) is 0 Å². The summed E-state index contributed by atoms with van der Waals surface area (Å²) in [7, 11) is 0. The number of nitrogens with zero attached hydrogens (tertiary/aromatic N) is 2. The molecule has 66 valence electrons. The van der Waals surface area contributed by atoms with E-state index in [0.29, 0.717) is 19.5 Å². The molecule has 12 heavy (non-hydrogen) atoms. The number of aliphatic hydroxyl groups is 1. The smallest absolute Gasteiger partial charge is 0.239 e. The van der Waals surface area contributed by atoms with E-state index >= 15 is 0 Å². The SMILES string of the molecule is CC(C#N)C(=O)N1CC[C@H](O)C1. The molecule has 1 aliphatic rings. The minimum absolute atomic E-state index is 0.172. The molecule has 2 atom stereocenters. The summed E-state index contributed by atoms with van der Waals surface area (Å²) in [4.78, 5) is 12.9. The first-order valence-corrected chi connectivity index (χ1v) is 4.01. The Labute approximate surface area is 71.4 Å². The predicted molar refractivity (Wildman–Crippen MR) is 42.0 cm³/mol. The lowest BCUT2D eigenvalue weighted by Crippen LogP contribution is -2.33. The van der Waals surface area contributed by atoms with Crippen LogP contribution >= 0.6 is 0 Å². The Morgan fingerprint density at radius 1 is 1.83 bits per heavy atom. The number of β-amino-alcohol motifs (C(OH)–C–C–N with tert-alkyl or cyclic N) is 1. The summed E-state index contributed by atoms with van der Waals surface area (Å²) in [5.41, 5.74) is 0. The Kier molecular flexibility index (Phi) is 2.66. The molecule has 1 fully saturated rings. The molecule has 1 saturated heterocycles. The number of rotatable bonds is 1. The molecule has 4 heteroatoms. The average molecular weight is 168 g/mol. The van der Waals surface area contributed by atoms with E-state index in [1.807, 2.05) is 6.07 Å². The van der Waals surface area contributed by atoms with Gasteiger partial charge in [-0.25, -0.2) is 0 Å². The van der Waals surface area contributed by atoms with E-state index in [1.165, 1.54) is 0 Å². The Morgan fingerprint density at radius 2 is 2.50 bits per heavy atom. The number of aliphatic hydroxyl groups excluding tert-OH is 1. The van der Waals surface area contributed by atoms with Gasteiger partial charge in [-0.05, 0) is 13.3 Å². The van der Waals surface area contributed by atoms with Crippen LogP contribution in [0.4, 0.5) is 0 Å². The summed E-state index contributed by atoms with van der Waals surface area (Å²) in [6.45, 7) is 2.53. The van der Waals surface area contributed by atoms with Crippen molar-refractivity contribution in [2.45, 2.75) is 19.4 Å². The molecule has 4 nitrogen and oxygen atoms in total. The zero-order valence-corrected chi connectivity index (χ0v) is 7.03. The van der Waals surface area contributed by atoms with E-state index in [1.54, 1.807) is 11.8 Å². The summed E-state index contributed by atoms with van der Waals surface area (Å²) in [6.07, 6.45) is 0.226. The van der Waals surface area contributed by atoms with Crippen molar-refractivity contribution in [1.82, 2.24) is 4.90 Å². The molecule has 0 radical (unpaired) electrons. The van der Waals surface area contributed by atoms with E-state index < -0.39 is 12.0 Å². The molecule has 0 aromatic heterocycles. The largest absolute Gasteiger partial charge is 0.391 e. The van der Waals surface area contributed by atoms with Gasteiger partial charge >= 0.3 is 0 Å². The van der Waals surface area contributed by atoms with Gasteiger partial charge < -0.3 is 10.0 Å². The number of hydrogen-bond donors (Lipinski definition) is 1. The maximum absolute atomic E-state index is 11.3. The average Bonchev–Trinajstić information content (AvgIpc) is 2.49. The van der Waals surface area contributed by atoms with Crippen LogP contribution in [0.1, 0.15) is 13.3 Å². The van der Waals surface area contributed by atoms with Crippen LogP contribution in [0.15, 0.2) is 0 Å². The topological polar surface area (TPSA) is 64.3 Å². The molecule has 1 unspecified atom stereocenters. The summed E-state index contributed by atoms with van der Waals surface area (Å²) in [5.74, 6) is -0.760. The summed E-state index contributed by atoms with van der Waals surface area (Å²) in [5, 5.41) is 17.6. The highest BCUT2D eigenvalue weighted by Gasteiger charge is 2.27. The van der Waals surface area contributed by atoms with E-state index in [-0.39, 0.29) is 5.91 Å². The monoisotopic (exact) mass is 168 g/mol. The molecule has 1 amide bonds. The Balaban J connectivity index is 2.50. The zero-order chi connectivity index (χ0) is 9.14. The molecule has 1 aliphatic heterocycles. The second kappa shape index (κ2) is 3.55. The van der Waals surface area contributed by atoms with E-state index in [9.17, 15) is 4.79 Å². The molecular formula is C8H12N2O2. The van der Waals surface area contributed by atoms with Gasteiger partial charge in [0.05, 0.1) is 12.2 Å². The highest BCUT2D eigenvalue weighted by molar-refractivity contribution is 5.81. The van der Waals surface area contributed by atoms with Gasteiger partial charge in [-0.15, -0.1) is 0 Å². The Hall–Kier alpha value is -1.08. The summed E-state index contributed by atoms with van der Waals surface area (Å²) in [6, 6.07) is 1.88.